The number of ether oxygens (including phenoxy) is 1. The fourth-order valence-electron chi connectivity index (χ4n) is 2.14. The van der Waals surface area contributed by atoms with E-state index in [1.165, 1.54) is 18.2 Å². The van der Waals surface area contributed by atoms with E-state index in [-0.39, 0.29) is 11.4 Å². The molecule has 6 heteroatoms. The van der Waals surface area contributed by atoms with Gasteiger partial charge in [-0.05, 0) is 23.6 Å². The van der Waals surface area contributed by atoms with Crippen LogP contribution < -0.4 is 4.74 Å². The molecule has 112 valence electrons. The van der Waals surface area contributed by atoms with Crippen LogP contribution in [0.15, 0.2) is 55.1 Å². The Hall–Kier alpha value is -3.15. The number of nitro benzene ring substituents is 1. The third-order valence-electron chi connectivity index (χ3n) is 3.04. The Morgan fingerprint density at radius 1 is 1.27 bits per heavy atom. The normalized spacial score (nSPS) is 10.0. The van der Waals surface area contributed by atoms with Crippen LogP contribution in [0, 0.1) is 10.1 Å². The SMILES string of the molecule is C=CCc1ccccc1-c1cc([N+](=O)[O-])ccc1OC(=O)O. The second-order valence-corrected chi connectivity index (χ2v) is 4.46. The maximum atomic E-state index is 11.0. The van der Waals surface area contributed by atoms with E-state index in [4.69, 9.17) is 9.84 Å². The lowest BCUT2D eigenvalue weighted by atomic mass is 9.96. The van der Waals surface area contributed by atoms with Crippen LogP contribution in [-0.2, 0) is 6.42 Å². The largest absolute Gasteiger partial charge is 0.511 e. The van der Waals surface area contributed by atoms with Gasteiger partial charge in [-0.2, -0.15) is 0 Å². The molecule has 0 heterocycles. The van der Waals surface area contributed by atoms with Gasteiger partial charge in [-0.15, -0.1) is 6.58 Å². The van der Waals surface area contributed by atoms with Crippen molar-refractivity contribution in [3.63, 3.8) is 0 Å². The minimum Gasteiger partial charge on any atom is -0.449 e. The Balaban J connectivity index is 2.65. The maximum absolute atomic E-state index is 11.0. The number of hydrogen-bond donors (Lipinski definition) is 1. The van der Waals surface area contributed by atoms with E-state index >= 15 is 0 Å². The maximum Gasteiger partial charge on any atom is 0.511 e. The second kappa shape index (κ2) is 6.53. The fraction of sp³-hybridized carbons (Fsp3) is 0.0625. The Labute approximate surface area is 126 Å². The minimum absolute atomic E-state index is 0.0506. The topological polar surface area (TPSA) is 89.7 Å². The van der Waals surface area contributed by atoms with E-state index in [0.717, 1.165) is 5.56 Å². The van der Waals surface area contributed by atoms with E-state index in [0.29, 0.717) is 17.5 Å². The standard InChI is InChI=1S/C16H13NO5/c1-2-5-11-6-3-4-7-13(11)14-10-12(17(20)21)8-9-15(14)22-16(18)19/h2-4,6-10H,1,5H2,(H,18,19). The van der Waals surface area contributed by atoms with Crippen LogP contribution in [-0.4, -0.2) is 16.2 Å². The van der Waals surface area contributed by atoms with Gasteiger partial charge in [0.1, 0.15) is 5.75 Å². The molecule has 0 amide bonds. The predicted octanol–water partition coefficient (Wildman–Crippen LogP) is 4.05. The first-order valence-electron chi connectivity index (χ1n) is 6.41. The van der Waals surface area contributed by atoms with Crippen molar-refractivity contribution in [1.82, 2.24) is 0 Å². The van der Waals surface area contributed by atoms with Gasteiger partial charge in [0.05, 0.1) is 4.92 Å². The van der Waals surface area contributed by atoms with Crippen molar-refractivity contribution < 1.29 is 19.6 Å². The van der Waals surface area contributed by atoms with Crippen LogP contribution in [0.25, 0.3) is 11.1 Å². The van der Waals surface area contributed by atoms with Crippen molar-refractivity contribution in [3.05, 3.63) is 70.8 Å². The highest BCUT2D eigenvalue weighted by molar-refractivity contribution is 5.78. The molecule has 0 atom stereocenters. The van der Waals surface area contributed by atoms with Crippen molar-refractivity contribution in [2.75, 3.05) is 0 Å². The molecule has 0 aliphatic rings. The molecule has 0 aromatic heterocycles. The average Bonchev–Trinajstić information content (AvgIpc) is 2.48. The molecule has 0 saturated heterocycles. The van der Waals surface area contributed by atoms with E-state index in [2.05, 4.69) is 6.58 Å². The number of benzene rings is 2. The zero-order valence-electron chi connectivity index (χ0n) is 11.6. The number of non-ortho nitro benzene ring substituents is 1. The highest BCUT2D eigenvalue weighted by Crippen LogP contribution is 2.35. The molecule has 2 aromatic rings. The molecule has 0 radical (unpaired) electrons. The number of carbonyl (C=O) groups is 1. The molecule has 0 bridgehead atoms. The van der Waals surface area contributed by atoms with E-state index in [1.807, 2.05) is 12.1 Å². The van der Waals surface area contributed by atoms with Crippen LogP contribution in [0.4, 0.5) is 10.5 Å². The lowest BCUT2D eigenvalue weighted by molar-refractivity contribution is -0.384. The summed E-state index contributed by atoms with van der Waals surface area (Å²) in [6.07, 6.45) is 0.774. The van der Waals surface area contributed by atoms with Gasteiger partial charge in [-0.1, -0.05) is 30.3 Å². The molecule has 2 rings (SSSR count). The number of nitrogens with zero attached hydrogens (tertiary/aromatic N) is 1. The molecule has 0 spiro atoms. The summed E-state index contributed by atoms with van der Waals surface area (Å²) >= 11 is 0. The fourth-order valence-corrected chi connectivity index (χ4v) is 2.14. The van der Waals surface area contributed by atoms with Crippen molar-refractivity contribution in [3.8, 4) is 16.9 Å². The average molecular weight is 299 g/mol. The summed E-state index contributed by atoms with van der Waals surface area (Å²) in [5.41, 5.74) is 1.76. The number of nitro groups is 1. The van der Waals surface area contributed by atoms with Gasteiger partial charge in [0.2, 0.25) is 0 Å². The van der Waals surface area contributed by atoms with Gasteiger partial charge in [0.15, 0.2) is 0 Å². The lowest BCUT2D eigenvalue weighted by Gasteiger charge is -2.12. The summed E-state index contributed by atoms with van der Waals surface area (Å²) in [5.74, 6) is 0.0506. The predicted molar refractivity (Wildman–Crippen MR) is 81.1 cm³/mol. The molecule has 2 aromatic carbocycles. The first-order chi connectivity index (χ1) is 10.5. The summed E-state index contributed by atoms with van der Waals surface area (Å²) in [4.78, 5) is 21.2. The zero-order chi connectivity index (χ0) is 16.1. The molecule has 0 unspecified atom stereocenters. The summed E-state index contributed by atoms with van der Waals surface area (Å²) in [6.45, 7) is 3.67. The Morgan fingerprint density at radius 3 is 2.64 bits per heavy atom. The third-order valence-corrected chi connectivity index (χ3v) is 3.04. The summed E-state index contributed by atoms with van der Waals surface area (Å²) in [5, 5.41) is 19.8. The molecule has 0 aliphatic heterocycles. The Morgan fingerprint density at radius 2 is 2.00 bits per heavy atom. The molecular formula is C16H13NO5. The molecular weight excluding hydrogens is 286 g/mol. The van der Waals surface area contributed by atoms with Crippen LogP contribution in [0.1, 0.15) is 5.56 Å². The highest BCUT2D eigenvalue weighted by atomic mass is 16.7. The first-order valence-corrected chi connectivity index (χ1v) is 6.41. The monoisotopic (exact) mass is 299 g/mol. The molecule has 1 N–H and O–H groups in total. The highest BCUT2D eigenvalue weighted by Gasteiger charge is 2.17. The van der Waals surface area contributed by atoms with Crippen molar-refractivity contribution in [1.29, 1.82) is 0 Å². The van der Waals surface area contributed by atoms with Crippen LogP contribution in [0.3, 0.4) is 0 Å². The molecule has 22 heavy (non-hydrogen) atoms. The van der Waals surface area contributed by atoms with Crippen molar-refractivity contribution in [2.24, 2.45) is 0 Å². The smallest absolute Gasteiger partial charge is 0.449 e. The summed E-state index contributed by atoms with van der Waals surface area (Å²) < 4.78 is 4.74. The van der Waals surface area contributed by atoms with Gasteiger partial charge in [-0.25, -0.2) is 4.79 Å². The lowest BCUT2D eigenvalue weighted by Crippen LogP contribution is -2.05. The third kappa shape index (κ3) is 3.29. The summed E-state index contributed by atoms with van der Waals surface area (Å²) in [7, 11) is 0. The quantitative estimate of drug-likeness (QED) is 0.296. The minimum atomic E-state index is -1.48. The Bertz CT molecular complexity index is 739. The van der Waals surface area contributed by atoms with Gasteiger partial charge >= 0.3 is 6.16 Å². The van der Waals surface area contributed by atoms with Gasteiger partial charge in [0, 0.05) is 17.7 Å². The second-order valence-electron chi connectivity index (χ2n) is 4.46. The van der Waals surface area contributed by atoms with Crippen molar-refractivity contribution in [2.45, 2.75) is 6.42 Å². The van der Waals surface area contributed by atoms with Gasteiger partial charge in [-0.3, -0.25) is 10.1 Å². The first kappa shape index (κ1) is 15.2. The van der Waals surface area contributed by atoms with Crippen molar-refractivity contribution >= 4 is 11.8 Å². The number of hydrogen-bond acceptors (Lipinski definition) is 4. The number of rotatable bonds is 5. The molecule has 6 nitrogen and oxygen atoms in total. The van der Waals surface area contributed by atoms with E-state index in [1.54, 1.807) is 18.2 Å². The molecule has 0 fully saturated rings. The summed E-state index contributed by atoms with van der Waals surface area (Å²) in [6, 6.07) is 11.0. The van der Waals surface area contributed by atoms with Crippen LogP contribution in [0.2, 0.25) is 0 Å². The molecule has 0 aliphatic carbocycles. The van der Waals surface area contributed by atoms with E-state index in [9.17, 15) is 14.9 Å². The number of allylic oxidation sites excluding steroid dienone is 1. The zero-order valence-corrected chi connectivity index (χ0v) is 11.6. The van der Waals surface area contributed by atoms with Gasteiger partial charge < -0.3 is 9.84 Å². The van der Waals surface area contributed by atoms with E-state index < -0.39 is 11.1 Å². The number of carboxylic acid groups (broad SMARTS) is 1. The van der Waals surface area contributed by atoms with Crippen LogP contribution >= 0.6 is 0 Å². The molecule has 0 saturated carbocycles. The van der Waals surface area contributed by atoms with Crippen LogP contribution in [0.5, 0.6) is 5.75 Å². The van der Waals surface area contributed by atoms with Gasteiger partial charge in [0.25, 0.3) is 5.69 Å². The Kier molecular flexibility index (Phi) is 4.53.